The van der Waals surface area contributed by atoms with E-state index in [4.69, 9.17) is 16.3 Å². The van der Waals surface area contributed by atoms with Crippen molar-refractivity contribution in [3.63, 3.8) is 0 Å². The van der Waals surface area contributed by atoms with Gasteiger partial charge in [0.2, 0.25) is 0 Å². The lowest BCUT2D eigenvalue weighted by Crippen LogP contribution is -2.02. The van der Waals surface area contributed by atoms with E-state index in [1.54, 1.807) is 12.1 Å². The van der Waals surface area contributed by atoms with Gasteiger partial charge in [-0.2, -0.15) is 0 Å². The van der Waals surface area contributed by atoms with Crippen molar-refractivity contribution in [2.75, 3.05) is 12.5 Å². The molecule has 0 fully saturated rings. The molecule has 0 radical (unpaired) electrons. The highest BCUT2D eigenvalue weighted by atomic mass is 35.5. The molecule has 3 aromatic rings. The third-order valence-corrected chi connectivity index (χ3v) is 3.77. The molecular weight excluding hydrogens is 298 g/mol. The van der Waals surface area contributed by atoms with Gasteiger partial charge in [-0.25, -0.2) is 0 Å². The summed E-state index contributed by atoms with van der Waals surface area (Å²) < 4.78 is 5.54. The van der Waals surface area contributed by atoms with E-state index in [0.717, 1.165) is 23.1 Å². The molecule has 0 aliphatic heterocycles. The maximum atomic E-state index is 12.7. The van der Waals surface area contributed by atoms with Crippen LogP contribution in [-0.2, 0) is 0 Å². The first kappa shape index (κ1) is 14.7. The van der Waals surface area contributed by atoms with Crippen molar-refractivity contribution in [3.8, 4) is 5.75 Å². The number of H-pyrrole nitrogens is 1. The summed E-state index contributed by atoms with van der Waals surface area (Å²) in [5, 5.41) is 0.940. The average Bonchev–Trinajstić information content (AvgIpc) is 3.04. The van der Waals surface area contributed by atoms with Gasteiger partial charge in [0.1, 0.15) is 5.75 Å². The fourth-order valence-corrected chi connectivity index (χ4v) is 2.50. The van der Waals surface area contributed by atoms with Gasteiger partial charge in [-0.1, -0.05) is 12.1 Å². The number of fused-ring (bicyclic) bond motifs is 1. The van der Waals surface area contributed by atoms with E-state index in [2.05, 4.69) is 4.98 Å². The van der Waals surface area contributed by atoms with Gasteiger partial charge < -0.3 is 9.72 Å². The first-order chi connectivity index (χ1) is 10.8. The van der Waals surface area contributed by atoms with Crippen LogP contribution in [0.2, 0.25) is 0 Å². The van der Waals surface area contributed by atoms with Crippen molar-refractivity contribution in [2.24, 2.45) is 0 Å². The van der Waals surface area contributed by atoms with Crippen LogP contribution in [0.1, 0.15) is 22.3 Å². The lowest BCUT2D eigenvalue weighted by Gasteiger charge is -2.07. The quantitative estimate of drug-likeness (QED) is 0.416. The highest BCUT2D eigenvalue weighted by molar-refractivity contribution is 6.17. The highest BCUT2D eigenvalue weighted by Gasteiger charge is 2.12. The van der Waals surface area contributed by atoms with E-state index in [1.165, 1.54) is 0 Å². The number of rotatable bonds is 6. The van der Waals surface area contributed by atoms with Crippen molar-refractivity contribution >= 4 is 28.3 Å². The van der Waals surface area contributed by atoms with Crippen LogP contribution in [0.5, 0.6) is 5.75 Å². The largest absolute Gasteiger partial charge is 0.494 e. The molecule has 1 aromatic heterocycles. The SMILES string of the molecule is O=C(c1ccc(OCCCCl)cc1)c1cccc2[nH]ccc12. The van der Waals surface area contributed by atoms with Gasteiger partial charge in [-0.3, -0.25) is 4.79 Å². The molecule has 4 heteroatoms. The molecule has 0 atom stereocenters. The second kappa shape index (κ2) is 6.67. The van der Waals surface area contributed by atoms with Crippen LogP contribution in [0, 0.1) is 0 Å². The second-order valence-electron chi connectivity index (χ2n) is 4.99. The van der Waals surface area contributed by atoms with E-state index in [1.807, 2.05) is 42.6 Å². The Hall–Kier alpha value is -2.26. The molecule has 2 aromatic carbocycles. The number of ketones is 1. The van der Waals surface area contributed by atoms with E-state index in [-0.39, 0.29) is 5.78 Å². The molecule has 1 heterocycles. The maximum absolute atomic E-state index is 12.7. The topological polar surface area (TPSA) is 42.1 Å². The van der Waals surface area contributed by atoms with E-state index < -0.39 is 0 Å². The molecule has 3 nitrogen and oxygen atoms in total. The fourth-order valence-electron chi connectivity index (χ4n) is 2.39. The van der Waals surface area contributed by atoms with E-state index in [9.17, 15) is 4.79 Å². The number of alkyl halides is 1. The summed E-state index contributed by atoms with van der Waals surface area (Å²) >= 11 is 5.61. The molecule has 0 bridgehead atoms. The number of aromatic amines is 1. The van der Waals surface area contributed by atoms with Gasteiger partial charge in [0.25, 0.3) is 0 Å². The van der Waals surface area contributed by atoms with Crippen LogP contribution in [0.4, 0.5) is 0 Å². The fraction of sp³-hybridized carbons (Fsp3) is 0.167. The smallest absolute Gasteiger partial charge is 0.193 e. The van der Waals surface area contributed by atoms with Gasteiger partial charge in [0.05, 0.1) is 6.61 Å². The maximum Gasteiger partial charge on any atom is 0.193 e. The van der Waals surface area contributed by atoms with Crippen molar-refractivity contribution in [1.82, 2.24) is 4.98 Å². The number of carbonyl (C=O) groups is 1. The number of benzene rings is 2. The van der Waals surface area contributed by atoms with Crippen LogP contribution >= 0.6 is 11.6 Å². The van der Waals surface area contributed by atoms with Gasteiger partial charge in [0.15, 0.2) is 5.78 Å². The van der Waals surface area contributed by atoms with Crippen LogP contribution in [-0.4, -0.2) is 23.3 Å². The summed E-state index contributed by atoms with van der Waals surface area (Å²) in [5.41, 5.74) is 2.32. The van der Waals surface area contributed by atoms with Gasteiger partial charge in [-0.15, -0.1) is 11.6 Å². The Morgan fingerprint density at radius 2 is 1.91 bits per heavy atom. The van der Waals surface area contributed by atoms with E-state index in [0.29, 0.717) is 23.6 Å². The minimum atomic E-state index is 0.0116. The molecule has 0 spiro atoms. The Labute approximate surface area is 133 Å². The predicted molar refractivity (Wildman–Crippen MR) is 89.0 cm³/mol. The van der Waals surface area contributed by atoms with Crippen molar-refractivity contribution in [2.45, 2.75) is 6.42 Å². The van der Waals surface area contributed by atoms with Crippen molar-refractivity contribution in [3.05, 3.63) is 65.9 Å². The Bertz CT molecular complexity index is 777. The zero-order valence-corrected chi connectivity index (χ0v) is 12.8. The number of halogens is 1. The van der Waals surface area contributed by atoms with Crippen molar-refractivity contribution < 1.29 is 9.53 Å². The van der Waals surface area contributed by atoms with Crippen LogP contribution < -0.4 is 4.74 Å². The van der Waals surface area contributed by atoms with Crippen LogP contribution in [0.15, 0.2) is 54.7 Å². The third kappa shape index (κ3) is 3.00. The third-order valence-electron chi connectivity index (χ3n) is 3.50. The van der Waals surface area contributed by atoms with E-state index >= 15 is 0 Å². The monoisotopic (exact) mass is 313 g/mol. The number of hydrogen-bond acceptors (Lipinski definition) is 2. The molecule has 3 rings (SSSR count). The van der Waals surface area contributed by atoms with Gasteiger partial charge in [-0.05, 0) is 42.8 Å². The first-order valence-corrected chi connectivity index (χ1v) is 7.72. The molecular formula is C18H16ClNO2. The Morgan fingerprint density at radius 3 is 2.68 bits per heavy atom. The molecule has 0 amide bonds. The standard InChI is InChI=1S/C18H16ClNO2/c19-10-2-12-22-14-7-5-13(6-8-14)18(21)16-3-1-4-17-15(16)9-11-20-17/h1,3-9,11,20H,2,10,12H2. The predicted octanol–water partition coefficient (Wildman–Crippen LogP) is 4.41. The molecule has 0 saturated heterocycles. The summed E-state index contributed by atoms with van der Waals surface area (Å²) in [7, 11) is 0. The molecule has 0 aliphatic rings. The molecule has 22 heavy (non-hydrogen) atoms. The Kier molecular flexibility index (Phi) is 4.45. The van der Waals surface area contributed by atoms with Crippen LogP contribution in [0.25, 0.3) is 10.9 Å². The summed E-state index contributed by atoms with van der Waals surface area (Å²) in [4.78, 5) is 15.8. The number of nitrogens with one attached hydrogen (secondary N) is 1. The molecule has 1 N–H and O–H groups in total. The molecule has 0 saturated carbocycles. The average molecular weight is 314 g/mol. The Balaban J connectivity index is 1.81. The van der Waals surface area contributed by atoms with Gasteiger partial charge >= 0.3 is 0 Å². The highest BCUT2D eigenvalue weighted by Crippen LogP contribution is 2.22. The first-order valence-electron chi connectivity index (χ1n) is 7.19. The normalized spacial score (nSPS) is 10.8. The summed E-state index contributed by atoms with van der Waals surface area (Å²) in [6.07, 6.45) is 2.65. The lowest BCUT2D eigenvalue weighted by atomic mass is 10.00. The van der Waals surface area contributed by atoms with Gasteiger partial charge in [0, 0.05) is 34.1 Å². The molecule has 112 valence electrons. The number of hydrogen-bond donors (Lipinski definition) is 1. The summed E-state index contributed by atoms with van der Waals surface area (Å²) in [5.74, 6) is 1.34. The van der Waals surface area contributed by atoms with Crippen molar-refractivity contribution in [1.29, 1.82) is 0 Å². The number of carbonyl (C=O) groups excluding carboxylic acids is 1. The minimum Gasteiger partial charge on any atom is -0.494 e. The second-order valence-corrected chi connectivity index (χ2v) is 5.37. The minimum absolute atomic E-state index is 0.0116. The molecule has 0 aliphatic carbocycles. The summed E-state index contributed by atoms with van der Waals surface area (Å²) in [6, 6.07) is 14.8. The summed E-state index contributed by atoms with van der Waals surface area (Å²) in [6.45, 7) is 0.583. The zero-order chi connectivity index (χ0) is 15.4. The number of aromatic nitrogens is 1. The lowest BCUT2D eigenvalue weighted by molar-refractivity contribution is 0.104. The zero-order valence-electron chi connectivity index (χ0n) is 12.0. The Morgan fingerprint density at radius 1 is 1.09 bits per heavy atom. The number of ether oxygens (including phenoxy) is 1. The van der Waals surface area contributed by atoms with Crippen LogP contribution in [0.3, 0.4) is 0 Å². The molecule has 0 unspecified atom stereocenters.